The van der Waals surface area contributed by atoms with Gasteiger partial charge < -0.3 is 20.6 Å². The van der Waals surface area contributed by atoms with Gasteiger partial charge in [-0.1, -0.05) is 25.4 Å². The SMILES string of the molecule is CC(C)CCc1nc(-c2nc(N)c3c(n2)NC(=O)C3(C)c2cc(O)c(Cl)c(F)c2)cn2ccnc12. The van der Waals surface area contributed by atoms with E-state index < -0.39 is 27.9 Å². The van der Waals surface area contributed by atoms with Gasteiger partial charge in [0.15, 0.2) is 11.5 Å². The molecule has 1 amide bonds. The minimum atomic E-state index is -1.44. The summed E-state index contributed by atoms with van der Waals surface area (Å²) in [5.41, 5.74) is 7.41. The van der Waals surface area contributed by atoms with Crippen molar-refractivity contribution >= 4 is 34.8 Å². The summed E-state index contributed by atoms with van der Waals surface area (Å²) >= 11 is 5.76. The van der Waals surface area contributed by atoms with Crippen LogP contribution in [0.15, 0.2) is 30.7 Å². The number of benzene rings is 1. The molecule has 1 unspecified atom stereocenters. The number of fused-ring (bicyclic) bond motifs is 2. The summed E-state index contributed by atoms with van der Waals surface area (Å²) in [6.45, 7) is 5.85. The standard InChI is InChI=1S/C24H23ClFN7O2/c1-11(2)4-5-14-22-28-6-7-33(22)10-15(29-14)20-30-19(27)17-21(31-20)32-23(35)24(17,3)12-8-13(26)18(25)16(34)9-12/h6-11,34H,4-5H2,1-3H3,(H3,27,30,31,32,35). The van der Waals surface area contributed by atoms with E-state index in [1.807, 2.05) is 10.6 Å². The Labute approximate surface area is 205 Å². The summed E-state index contributed by atoms with van der Waals surface area (Å²) in [5.74, 6) is -0.853. The molecule has 180 valence electrons. The molecular formula is C24H23ClFN7O2. The number of carbonyl (C=O) groups is 1. The average Bonchev–Trinajstić information content (AvgIpc) is 3.38. The van der Waals surface area contributed by atoms with Crippen molar-refractivity contribution in [1.82, 2.24) is 24.3 Å². The van der Waals surface area contributed by atoms with E-state index in [0.29, 0.717) is 11.6 Å². The molecular weight excluding hydrogens is 473 g/mol. The number of anilines is 2. The quantitative estimate of drug-likeness (QED) is 0.379. The van der Waals surface area contributed by atoms with Gasteiger partial charge >= 0.3 is 0 Å². The normalized spacial score (nSPS) is 17.3. The maximum Gasteiger partial charge on any atom is 0.240 e. The molecule has 5 rings (SSSR count). The van der Waals surface area contributed by atoms with Gasteiger partial charge in [0, 0.05) is 18.6 Å². The van der Waals surface area contributed by atoms with E-state index in [9.17, 15) is 14.3 Å². The molecule has 0 fully saturated rings. The highest BCUT2D eigenvalue weighted by molar-refractivity contribution is 6.32. The lowest BCUT2D eigenvalue weighted by Crippen LogP contribution is -2.33. The number of aromatic nitrogens is 5. The Morgan fingerprint density at radius 2 is 2.06 bits per heavy atom. The van der Waals surface area contributed by atoms with Crippen LogP contribution in [0.3, 0.4) is 0 Å². The topological polar surface area (TPSA) is 131 Å². The number of aryl methyl sites for hydroxylation is 1. The minimum Gasteiger partial charge on any atom is -0.506 e. The van der Waals surface area contributed by atoms with E-state index in [2.05, 4.69) is 34.1 Å². The van der Waals surface area contributed by atoms with Crippen LogP contribution in [-0.4, -0.2) is 35.4 Å². The zero-order chi connectivity index (χ0) is 25.1. The summed E-state index contributed by atoms with van der Waals surface area (Å²) in [7, 11) is 0. The number of hydrogen-bond acceptors (Lipinski definition) is 7. The van der Waals surface area contributed by atoms with Crippen LogP contribution in [-0.2, 0) is 16.6 Å². The van der Waals surface area contributed by atoms with E-state index in [4.69, 9.17) is 22.3 Å². The predicted molar refractivity (Wildman–Crippen MR) is 130 cm³/mol. The number of nitrogens with zero attached hydrogens (tertiary/aromatic N) is 5. The van der Waals surface area contributed by atoms with Crippen molar-refractivity contribution in [2.45, 2.75) is 39.0 Å². The molecule has 4 heterocycles. The Balaban J connectivity index is 1.63. The third kappa shape index (κ3) is 3.65. The molecule has 4 aromatic rings. The third-order valence-electron chi connectivity index (χ3n) is 6.34. The number of aromatic hydroxyl groups is 1. The van der Waals surface area contributed by atoms with Crippen LogP contribution in [0.2, 0.25) is 5.02 Å². The first kappa shape index (κ1) is 23.0. The van der Waals surface area contributed by atoms with Crippen molar-refractivity contribution in [3.8, 4) is 17.3 Å². The van der Waals surface area contributed by atoms with Crippen LogP contribution in [0, 0.1) is 11.7 Å². The van der Waals surface area contributed by atoms with Crippen LogP contribution >= 0.6 is 11.6 Å². The Hall–Kier alpha value is -3.79. The lowest BCUT2D eigenvalue weighted by Gasteiger charge is -2.24. The Kier molecular flexibility index (Phi) is 5.36. The number of nitrogens with one attached hydrogen (secondary N) is 1. The molecule has 0 saturated heterocycles. The first-order valence-electron chi connectivity index (χ1n) is 11.1. The molecule has 0 radical (unpaired) electrons. The summed E-state index contributed by atoms with van der Waals surface area (Å²) < 4.78 is 16.2. The number of phenolic OH excluding ortho intramolecular Hbond substituents is 1. The Bertz CT molecular complexity index is 1480. The Morgan fingerprint density at radius 3 is 2.77 bits per heavy atom. The number of imidazole rings is 1. The number of nitrogens with two attached hydrogens (primary N) is 1. The summed E-state index contributed by atoms with van der Waals surface area (Å²) in [6, 6.07) is 2.34. The highest BCUT2D eigenvalue weighted by atomic mass is 35.5. The van der Waals surface area contributed by atoms with Gasteiger partial charge in [0.1, 0.15) is 39.3 Å². The molecule has 11 heteroatoms. The number of phenols is 1. The molecule has 0 spiro atoms. The van der Waals surface area contributed by atoms with E-state index in [-0.39, 0.29) is 28.6 Å². The van der Waals surface area contributed by atoms with Crippen LogP contribution < -0.4 is 11.1 Å². The fourth-order valence-corrected chi connectivity index (χ4v) is 4.47. The molecule has 0 saturated carbocycles. The number of nitrogen functional groups attached to an aromatic ring is 1. The first-order valence-corrected chi connectivity index (χ1v) is 11.5. The second kappa shape index (κ2) is 8.16. The predicted octanol–water partition coefficient (Wildman–Crippen LogP) is 4.11. The fraction of sp³-hybridized carbons (Fsp3) is 0.292. The lowest BCUT2D eigenvalue weighted by atomic mass is 9.77. The fourth-order valence-electron chi connectivity index (χ4n) is 4.36. The van der Waals surface area contributed by atoms with Gasteiger partial charge in [0.2, 0.25) is 5.91 Å². The number of halogens is 2. The largest absolute Gasteiger partial charge is 0.506 e. The molecule has 0 bridgehead atoms. The van der Waals surface area contributed by atoms with Crippen molar-refractivity contribution in [1.29, 1.82) is 0 Å². The zero-order valence-electron chi connectivity index (χ0n) is 19.3. The van der Waals surface area contributed by atoms with E-state index in [1.165, 1.54) is 6.07 Å². The van der Waals surface area contributed by atoms with Gasteiger partial charge in [0.25, 0.3) is 0 Å². The average molecular weight is 496 g/mol. The molecule has 1 aliphatic rings. The van der Waals surface area contributed by atoms with Crippen molar-refractivity contribution < 1.29 is 14.3 Å². The smallest absolute Gasteiger partial charge is 0.240 e. The van der Waals surface area contributed by atoms with Gasteiger partial charge in [-0.05, 0) is 43.4 Å². The molecule has 4 N–H and O–H groups in total. The second-order valence-corrected chi connectivity index (χ2v) is 9.57. The number of rotatable bonds is 5. The molecule has 9 nitrogen and oxygen atoms in total. The molecule has 3 aromatic heterocycles. The highest BCUT2D eigenvalue weighted by Gasteiger charge is 2.48. The molecule has 1 atom stereocenters. The van der Waals surface area contributed by atoms with E-state index >= 15 is 0 Å². The number of hydrogen-bond donors (Lipinski definition) is 3. The molecule has 35 heavy (non-hydrogen) atoms. The lowest BCUT2D eigenvalue weighted by molar-refractivity contribution is -0.119. The van der Waals surface area contributed by atoms with Crippen molar-refractivity contribution in [2.24, 2.45) is 5.92 Å². The van der Waals surface area contributed by atoms with Crippen molar-refractivity contribution in [3.05, 3.63) is 58.4 Å². The van der Waals surface area contributed by atoms with Gasteiger partial charge in [-0.2, -0.15) is 0 Å². The maximum atomic E-state index is 14.3. The minimum absolute atomic E-state index is 0.0388. The molecule has 1 aromatic carbocycles. The molecule has 0 aliphatic carbocycles. The van der Waals surface area contributed by atoms with Crippen LogP contribution in [0.5, 0.6) is 5.75 Å². The summed E-state index contributed by atoms with van der Waals surface area (Å²) in [6.07, 6.45) is 6.93. The zero-order valence-corrected chi connectivity index (χ0v) is 20.1. The van der Waals surface area contributed by atoms with E-state index in [1.54, 1.807) is 19.3 Å². The van der Waals surface area contributed by atoms with Gasteiger partial charge in [-0.3, -0.25) is 4.79 Å². The number of amides is 1. The third-order valence-corrected chi connectivity index (χ3v) is 6.71. The first-order chi connectivity index (χ1) is 16.6. The van der Waals surface area contributed by atoms with Crippen molar-refractivity contribution in [2.75, 3.05) is 11.1 Å². The Morgan fingerprint density at radius 1 is 1.29 bits per heavy atom. The van der Waals surface area contributed by atoms with Gasteiger partial charge in [0.05, 0.1) is 11.3 Å². The van der Waals surface area contributed by atoms with Gasteiger partial charge in [-0.15, -0.1) is 0 Å². The second-order valence-electron chi connectivity index (χ2n) is 9.19. The van der Waals surface area contributed by atoms with Crippen molar-refractivity contribution in [3.63, 3.8) is 0 Å². The van der Waals surface area contributed by atoms with Crippen LogP contribution in [0.1, 0.15) is 44.0 Å². The summed E-state index contributed by atoms with van der Waals surface area (Å²) in [5, 5.41) is 12.3. The van der Waals surface area contributed by atoms with Gasteiger partial charge in [-0.25, -0.2) is 24.3 Å². The highest BCUT2D eigenvalue weighted by Crippen LogP contribution is 2.46. The van der Waals surface area contributed by atoms with Crippen LogP contribution in [0.25, 0.3) is 17.2 Å². The molecule has 1 aliphatic heterocycles. The van der Waals surface area contributed by atoms with E-state index in [0.717, 1.165) is 30.2 Å². The summed E-state index contributed by atoms with van der Waals surface area (Å²) in [4.78, 5) is 31.3. The monoisotopic (exact) mass is 495 g/mol. The maximum absolute atomic E-state index is 14.3. The van der Waals surface area contributed by atoms with Crippen LogP contribution in [0.4, 0.5) is 16.0 Å². The number of carbonyl (C=O) groups excluding carboxylic acids is 1.